The minimum absolute atomic E-state index is 0.00310. The maximum absolute atomic E-state index is 12.6. The van der Waals surface area contributed by atoms with Gasteiger partial charge in [-0.05, 0) is 17.7 Å². The second-order valence-electron chi connectivity index (χ2n) is 5.51. The van der Waals surface area contributed by atoms with Crippen molar-refractivity contribution < 1.29 is 9.53 Å². The molecule has 2 atom stereocenters. The first kappa shape index (κ1) is 14.6. The van der Waals surface area contributed by atoms with Crippen LogP contribution >= 0.6 is 0 Å². The summed E-state index contributed by atoms with van der Waals surface area (Å²) < 4.78 is 7.05. The minimum Gasteiger partial charge on any atom is -0.495 e. The van der Waals surface area contributed by atoms with E-state index in [9.17, 15) is 4.79 Å². The van der Waals surface area contributed by atoms with Crippen molar-refractivity contribution in [3.63, 3.8) is 0 Å². The fourth-order valence-electron chi connectivity index (χ4n) is 2.91. The zero-order valence-corrected chi connectivity index (χ0v) is 12.7. The molecule has 2 heterocycles. The van der Waals surface area contributed by atoms with Gasteiger partial charge in [-0.15, -0.1) is 0 Å². The Morgan fingerprint density at radius 3 is 2.95 bits per heavy atom. The molecule has 0 radical (unpaired) electrons. The predicted octanol–water partition coefficient (Wildman–Crippen LogP) is 1.37. The number of nitrogens with zero attached hydrogens (tertiary/aromatic N) is 2. The number of amides is 1. The summed E-state index contributed by atoms with van der Waals surface area (Å²) in [7, 11) is 3.48. The zero-order chi connectivity index (χ0) is 15.5. The Balaban J connectivity index is 1.76. The van der Waals surface area contributed by atoms with Crippen LogP contribution in [0.5, 0.6) is 5.75 Å². The molecule has 0 spiro atoms. The molecule has 3 rings (SSSR count). The number of ether oxygens (including phenoxy) is 1. The first-order valence-corrected chi connectivity index (χ1v) is 7.32. The number of carbonyl (C=O) groups is 1. The van der Waals surface area contributed by atoms with Crippen molar-refractivity contribution in [2.24, 2.45) is 13.0 Å². The number of methoxy groups -OCH3 is 1. The quantitative estimate of drug-likeness (QED) is 0.895. The van der Waals surface area contributed by atoms with Crippen LogP contribution in [0.4, 0.5) is 5.69 Å². The van der Waals surface area contributed by atoms with Gasteiger partial charge in [-0.2, -0.15) is 5.10 Å². The number of aryl methyl sites for hydroxylation is 1. The van der Waals surface area contributed by atoms with Gasteiger partial charge in [0.2, 0.25) is 5.91 Å². The molecule has 2 aromatic rings. The van der Waals surface area contributed by atoms with Crippen LogP contribution in [0.2, 0.25) is 0 Å². The topological polar surface area (TPSA) is 68.2 Å². The van der Waals surface area contributed by atoms with Gasteiger partial charge >= 0.3 is 0 Å². The monoisotopic (exact) mass is 300 g/mol. The molecule has 0 bridgehead atoms. The van der Waals surface area contributed by atoms with Gasteiger partial charge in [-0.25, -0.2) is 0 Å². The van der Waals surface area contributed by atoms with E-state index in [2.05, 4.69) is 15.7 Å². The van der Waals surface area contributed by atoms with E-state index in [4.69, 9.17) is 4.74 Å². The van der Waals surface area contributed by atoms with Gasteiger partial charge in [0.1, 0.15) is 5.75 Å². The first-order valence-electron chi connectivity index (χ1n) is 7.32. The van der Waals surface area contributed by atoms with Crippen LogP contribution in [-0.4, -0.2) is 35.9 Å². The van der Waals surface area contributed by atoms with Crippen molar-refractivity contribution in [2.45, 2.75) is 5.92 Å². The summed E-state index contributed by atoms with van der Waals surface area (Å²) in [6.07, 6.45) is 3.81. The average Bonchev–Trinajstić information content (AvgIpc) is 3.16. The molecule has 1 aliphatic heterocycles. The molecule has 22 heavy (non-hydrogen) atoms. The van der Waals surface area contributed by atoms with Crippen molar-refractivity contribution in [3.8, 4) is 5.75 Å². The molecular formula is C16H20N4O2. The summed E-state index contributed by atoms with van der Waals surface area (Å²) in [5.74, 6) is 0.695. The molecule has 6 nitrogen and oxygen atoms in total. The second-order valence-corrected chi connectivity index (χ2v) is 5.51. The van der Waals surface area contributed by atoms with Crippen LogP contribution < -0.4 is 15.4 Å². The lowest BCUT2D eigenvalue weighted by atomic mass is 9.90. The Morgan fingerprint density at radius 2 is 2.23 bits per heavy atom. The highest BCUT2D eigenvalue weighted by Gasteiger charge is 2.34. The maximum Gasteiger partial charge on any atom is 0.229 e. The van der Waals surface area contributed by atoms with Crippen molar-refractivity contribution in [1.29, 1.82) is 0 Å². The van der Waals surface area contributed by atoms with E-state index in [0.717, 1.165) is 12.1 Å². The van der Waals surface area contributed by atoms with Crippen molar-refractivity contribution in [1.82, 2.24) is 15.1 Å². The Labute approximate surface area is 129 Å². The van der Waals surface area contributed by atoms with Crippen LogP contribution in [0.15, 0.2) is 36.7 Å². The van der Waals surface area contributed by atoms with Gasteiger partial charge < -0.3 is 15.4 Å². The van der Waals surface area contributed by atoms with Crippen LogP contribution in [-0.2, 0) is 11.8 Å². The average molecular weight is 300 g/mol. The lowest BCUT2D eigenvalue weighted by Gasteiger charge is -2.18. The standard InChI is InChI=1S/C16H20N4O2/c1-20-10-11(7-18-20)12-8-17-9-13(12)16(21)19-14-5-3-4-6-15(14)22-2/h3-7,10,12-13,17H,8-9H2,1-2H3,(H,19,21)/t12-,13+/m1/s1. The summed E-state index contributed by atoms with van der Waals surface area (Å²) in [6.45, 7) is 1.45. The van der Waals surface area contributed by atoms with E-state index < -0.39 is 0 Å². The summed E-state index contributed by atoms with van der Waals surface area (Å²) in [6, 6.07) is 7.44. The zero-order valence-electron chi connectivity index (χ0n) is 12.7. The summed E-state index contributed by atoms with van der Waals surface area (Å²) in [5.41, 5.74) is 1.79. The number of carbonyl (C=O) groups excluding carboxylic acids is 1. The third-order valence-corrected chi connectivity index (χ3v) is 4.07. The van der Waals surface area contributed by atoms with Crippen LogP contribution in [0.25, 0.3) is 0 Å². The van der Waals surface area contributed by atoms with E-state index in [0.29, 0.717) is 18.0 Å². The SMILES string of the molecule is COc1ccccc1NC(=O)[C@H]1CNC[C@@H]1c1cnn(C)c1. The van der Waals surface area contributed by atoms with E-state index >= 15 is 0 Å². The molecule has 1 amide bonds. The first-order chi connectivity index (χ1) is 10.7. The molecule has 1 saturated heterocycles. The Hall–Kier alpha value is -2.34. The Morgan fingerprint density at radius 1 is 1.41 bits per heavy atom. The van der Waals surface area contributed by atoms with E-state index in [1.165, 1.54) is 0 Å². The molecule has 1 fully saturated rings. The van der Waals surface area contributed by atoms with Gasteiger partial charge in [0.05, 0.1) is 24.9 Å². The number of hydrogen-bond acceptors (Lipinski definition) is 4. The van der Waals surface area contributed by atoms with E-state index in [1.54, 1.807) is 11.8 Å². The molecular weight excluding hydrogens is 280 g/mol. The van der Waals surface area contributed by atoms with Gasteiger partial charge in [-0.3, -0.25) is 9.48 Å². The molecule has 116 valence electrons. The molecule has 1 aromatic heterocycles. The normalized spacial score (nSPS) is 20.8. The molecule has 0 saturated carbocycles. The van der Waals surface area contributed by atoms with E-state index in [1.807, 2.05) is 43.7 Å². The van der Waals surface area contributed by atoms with Gasteiger partial charge in [-0.1, -0.05) is 12.1 Å². The summed E-state index contributed by atoms with van der Waals surface area (Å²) in [4.78, 5) is 12.6. The molecule has 6 heteroatoms. The fraction of sp³-hybridized carbons (Fsp3) is 0.375. The van der Waals surface area contributed by atoms with Crippen molar-refractivity contribution >= 4 is 11.6 Å². The second kappa shape index (κ2) is 6.19. The summed E-state index contributed by atoms with van der Waals surface area (Å²) in [5, 5.41) is 10.5. The number of anilines is 1. The highest BCUT2D eigenvalue weighted by molar-refractivity contribution is 5.95. The van der Waals surface area contributed by atoms with Crippen LogP contribution in [0.1, 0.15) is 11.5 Å². The molecule has 0 aliphatic carbocycles. The number of para-hydroxylation sites is 2. The lowest BCUT2D eigenvalue weighted by molar-refractivity contribution is -0.119. The number of hydrogen-bond donors (Lipinski definition) is 2. The van der Waals surface area contributed by atoms with Gasteiger partial charge in [0.25, 0.3) is 0 Å². The Bertz CT molecular complexity index is 668. The van der Waals surface area contributed by atoms with Crippen molar-refractivity contribution in [2.75, 3.05) is 25.5 Å². The number of rotatable bonds is 4. The highest BCUT2D eigenvalue weighted by atomic mass is 16.5. The summed E-state index contributed by atoms with van der Waals surface area (Å²) >= 11 is 0. The number of aromatic nitrogens is 2. The number of benzene rings is 1. The third kappa shape index (κ3) is 2.82. The van der Waals surface area contributed by atoms with Crippen LogP contribution in [0, 0.1) is 5.92 Å². The van der Waals surface area contributed by atoms with Gasteiger partial charge in [0.15, 0.2) is 0 Å². The van der Waals surface area contributed by atoms with E-state index in [-0.39, 0.29) is 17.7 Å². The molecule has 2 N–H and O–H groups in total. The van der Waals surface area contributed by atoms with Crippen LogP contribution in [0.3, 0.4) is 0 Å². The van der Waals surface area contributed by atoms with Gasteiger partial charge in [0, 0.05) is 32.3 Å². The highest BCUT2D eigenvalue weighted by Crippen LogP contribution is 2.30. The third-order valence-electron chi connectivity index (χ3n) is 4.07. The predicted molar refractivity (Wildman–Crippen MR) is 83.9 cm³/mol. The molecule has 1 aliphatic rings. The maximum atomic E-state index is 12.6. The molecule has 0 unspecified atom stereocenters. The number of nitrogens with one attached hydrogen (secondary N) is 2. The minimum atomic E-state index is -0.117. The smallest absolute Gasteiger partial charge is 0.229 e. The Kier molecular flexibility index (Phi) is 4.11. The fourth-order valence-corrected chi connectivity index (χ4v) is 2.91. The largest absolute Gasteiger partial charge is 0.495 e. The molecule has 1 aromatic carbocycles. The van der Waals surface area contributed by atoms with Crippen molar-refractivity contribution in [3.05, 3.63) is 42.2 Å². The lowest BCUT2D eigenvalue weighted by Crippen LogP contribution is -2.28.